The molecule has 0 bridgehead atoms. The van der Waals surface area contributed by atoms with Crippen LogP contribution in [0.15, 0.2) is 47.4 Å². The number of imidazole rings is 1. The second-order valence-electron chi connectivity index (χ2n) is 9.99. The summed E-state index contributed by atoms with van der Waals surface area (Å²) in [4.78, 5) is 43.9. The molecule has 38 heavy (non-hydrogen) atoms. The maximum atomic E-state index is 13.9. The van der Waals surface area contributed by atoms with Crippen molar-refractivity contribution in [3.8, 4) is 17.2 Å². The molecule has 2 aromatic carbocycles. The number of phenols is 2. The minimum Gasteiger partial charge on any atom is -0.507 e. The second-order valence-corrected chi connectivity index (χ2v) is 9.99. The largest absolute Gasteiger partial charge is 0.507 e. The molecule has 1 aliphatic carbocycles. The summed E-state index contributed by atoms with van der Waals surface area (Å²) in [5.74, 6) is -1.45. The van der Waals surface area contributed by atoms with Crippen LogP contribution in [-0.4, -0.2) is 43.7 Å². The van der Waals surface area contributed by atoms with Crippen molar-refractivity contribution in [1.29, 1.82) is 0 Å². The molecule has 1 unspecified atom stereocenters. The third kappa shape index (κ3) is 3.53. The molecule has 2 heterocycles. The summed E-state index contributed by atoms with van der Waals surface area (Å²) >= 11 is 0. The first kappa shape index (κ1) is 25.3. The number of benzene rings is 2. The van der Waals surface area contributed by atoms with E-state index in [9.17, 15) is 24.6 Å². The third-order valence-corrected chi connectivity index (χ3v) is 7.61. The summed E-state index contributed by atoms with van der Waals surface area (Å²) in [6.45, 7) is 6.44. The van der Waals surface area contributed by atoms with Crippen LogP contribution in [0.2, 0.25) is 0 Å². The van der Waals surface area contributed by atoms with Crippen molar-refractivity contribution >= 4 is 28.4 Å². The average molecular weight is 516 g/mol. The van der Waals surface area contributed by atoms with Gasteiger partial charge in [-0.25, -0.2) is 4.98 Å². The number of aromatic nitrogens is 2. The number of hydrogen-bond donors (Lipinski definition) is 3. The molecule has 1 aromatic heterocycles. The van der Waals surface area contributed by atoms with Crippen LogP contribution >= 0.6 is 0 Å². The van der Waals surface area contributed by atoms with Crippen molar-refractivity contribution in [2.24, 2.45) is 7.05 Å². The number of carbonyl (C=O) groups excluding carboxylic acids is 3. The predicted molar refractivity (Wildman–Crippen MR) is 140 cm³/mol. The zero-order valence-electron chi connectivity index (χ0n) is 21.9. The molecule has 2 aliphatic rings. The van der Waals surface area contributed by atoms with Gasteiger partial charge in [-0.3, -0.25) is 14.4 Å². The Bertz CT molecular complexity index is 1630. The standard InChI is InChI=1S/C29H29N3O6/c1-14-25(35)23(16(3)33)27-24(26(14)36)29(4)20(38-27)13-19(34)22(28(29)37)15(2)30-12-8-11-21-31-17-9-6-7-10-18(17)32(21)5/h6-7,9-10,13,30,35-36H,8,11-12H2,1-5H3. The van der Waals surface area contributed by atoms with E-state index in [1.807, 2.05) is 31.3 Å². The molecule has 1 aliphatic heterocycles. The molecule has 5 rings (SSSR count). The lowest BCUT2D eigenvalue weighted by atomic mass is 9.70. The number of nitrogens with zero attached hydrogens (tertiary/aromatic N) is 2. The normalized spacial score (nSPS) is 19.7. The number of rotatable bonds is 6. The summed E-state index contributed by atoms with van der Waals surface area (Å²) in [6, 6.07) is 7.92. The highest BCUT2D eigenvalue weighted by molar-refractivity contribution is 6.31. The summed E-state index contributed by atoms with van der Waals surface area (Å²) in [5.41, 5.74) is 0.851. The number of aryl methyl sites for hydroxylation is 2. The smallest absolute Gasteiger partial charge is 0.194 e. The predicted octanol–water partition coefficient (Wildman–Crippen LogP) is 3.68. The molecule has 0 saturated heterocycles. The van der Waals surface area contributed by atoms with E-state index in [1.54, 1.807) is 13.8 Å². The second kappa shape index (κ2) is 8.86. The Labute approximate surface area is 219 Å². The molecular weight excluding hydrogens is 486 g/mol. The summed E-state index contributed by atoms with van der Waals surface area (Å²) in [6.07, 6.45) is 2.64. The first-order chi connectivity index (χ1) is 18.0. The molecule has 0 fully saturated rings. The fourth-order valence-electron chi connectivity index (χ4n) is 5.39. The zero-order valence-corrected chi connectivity index (χ0v) is 21.9. The molecule has 0 radical (unpaired) electrons. The number of hydrogen-bond acceptors (Lipinski definition) is 8. The number of aromatic hydroxyl groups is 2. The maximum Gasteiger partial charge on any atom is 0.194 e. The third-order valence-electron chi connectivity index (χ3n) is 7.61. The van der Waals surface area contributed by atoms with Crippen molar-refractivity contribution in [1.82, 2.24) is 14.9 Å². The summed E-state index contributed by atoms with van der Waals surface area (Å²) in [7, 11) is 1.98. The number of Topliss-reactive ketones (excluding diaryl/α,β-unsaturated/α-hetero) is 2. The van der Waals surface area contributed by atoms with Gasteiger partial charge in [0.05, 0.1) is 22.2 Å². The number of ether oxygens (including phenoxy) is 1. The van der Waals surface area contributed by atoms with E-state index in [2.05, 4.69) is 14.9 Å². The lowest BCUT2D eigenvalue weighted by Crippen LogP contribution is -2.41. The first-order valence-electron chi connectivity index (χ1n) is 12.4. The van der Waals surface area contributed by atoms with Crippen LogP contribution in [0.4, 0.5) is 0 Å². The van der Waals surface area contributed by atoms with Crippen LogP contribution in [0.5, 0.6) is 17.2 Å². The number of nitrogens with one attached hydrogen (secondary N) is 1. The van der Waals surface area contributed by atoms with Crippen LogP contribution in [0.3, 0.4) is 0 Å². The quantitative estimate of drug-likeness (QED) is 0.196. The van der Waals surface area contributed by atoms with E-state index in [-0.39, 0.29) is 39.5 Å². The Morgan fingerprint density at radius 1 is 1.16 bits per heavy atom. The molecule has 0 saturated carbocycles. The number of carbonyl (C=O) groups is 3. The Morgan fingerprint density at radius 2 is 1.87 bits per heavy atom. The van der Waals surface area contributed by atoms with Gasteiger partial charge in [0.2, 0.25) is 0 Å². The van der Waals surface area contributed by atoms with Crippen LogP contribution < -0.4 is 10.1 Å². The minimum atomic E-state index is -1.53. The van der Waals surface area contributed by atoms with Gasteiger partial charge >= 0.3 is 0 Å². The maximum absolute atomic E-state index is 13.9. The van der Waals surface area contributed by atoms with E-state index in [0.717, 1.165) is 23.3 Å². The molecule has 9 heteroatoms. The lowest BCUT2D eigenvalue weighted by molar-refractivity contribution is -0.123. The monoisotopic (exact) mass is 515 g/mol. The highest BCUT2D eigenvalue weighted by Crippen LogP contribution is 2.57. The highest BCUT2D eigenvalue weighted by Gasteiger charge is 2.56. The number of para-hydroxylation sites is 2. The van der Waals surface area contributed by atoms with Gasteiger partial charge in [0.15, 0.2) is 17.3 Å². The average Bonchev–Trinajstić information content (AvgIpc) is 3.34. The van der Waals surface area contributed by atoms with E-state index >= 15 is 0 Å². The van der Waals surface area contributed by atoms with E-state index < -0.39 is 28.5 Å². The SMILES string of the molecule is CC(=O)c1c(O)c(C)c(O)c2c1OC1=CC(=O)C(=C(C)NCCCc3nc4ccccc4n3C)C(=O)C12C. The van der Waals surface area contributed by atoms with Gasteiger partial charge in [0.1, 0.15) is 39.8 Å². The molecule has 3 aromatic rings. The van der Waals surface area contributed by atoms with Crippen LogP contribution in [-0.2, 0) is 28.5 Å². The van der Waals surface area contributed by atoms with E-state index in [0.29, 0.717) is 18.7 Å². The Kier molecular flexibility index (Phi) is 5.89. The number of phenolic OH excluding ortho intramolecular Hbond substituents is 2. The summed E-state index contributed by atoms with van der Waals surface area (Å²) < 4.78 is 7.86. The van der Waals surface area contributed by atoms with Crippen molar-refractivity contribution in [3.63, 3.8) is 0 Å². The molecule has 0 spiro atoms. The summed E-state index contributed by atoms with van der Waals surface area (Å²) in [5, 5.41) is 24.6. The first-order valence-corrected chi connectivity index (χ1v) is 12.4. The number of fused-ring (bicyclic) bond motifs is 4. The highest BCUT2D eigenvalue weighted by atomic mass is 16.5. The van der Waals surface area contributed by atoms with Crippen LogP contribution in [0, 0.1) is 6.92 Å². The van der Waals surface area contributed by atoms with Crippen molar-refractivity contribution in [2.75, 3.05) is 6.54 Å². The van der Waals surface area contributed by atoms with Crippen molar-refractivity contribution in [3.05, 3.63) is 69.9 Å². The Morgan fingerprint density at radius 3 is 2.55 bits per heavy atom. The van der Waals surface area contributed by atoms with Gasteiger partial charge in [-0.05, 0) is 46.2 Å². The Balaban J connectivity index is 1.42. The zero-order chi connectivity index (χ0) is 27.5. The molecule has 3 N–H and O–H groups in total. The molecule has 196 valence electrons. The van der Waals surface area contributed by atoms with Gasteiger partial charge in [0.25, 0.3) is 0 Å². The fourth-order valence-corrected chi connectivity index (χ4v) is 5.39. The minimum absolute atomic E-state index is 0.0173. The molecule has 9 nitrogen and oxygen atoms in total. The van der Waals surface area contributed by atoms with E-state index in [4.69, 9.17) is 4.74 Å². The number of allylic oxidation sites excluding steroid dienone is 4. The fraction of sp³-hybridized carbons (Fsp3) is 0.310. The molecular formula is C29H29N3O6. The molecule has 1 atom stereocenters. The number of ketones is 3. The van der Waals surface area contributed by atoms with Crippen molar-refractivity contribution in [2.45, 2.75) is 46.0 Å². The van der Waals surface area contributed by atoms with Crippen molar-refractivity contribution < 1.29 is 29.3 Å². The van der Waals surface area contributed by atoms with Crippen LogP contribution in [0.1, 0.15) is 54.5 Å². The van der Waals surface area contributed by atoms with Gasteiger partial charge in [0, 0.05) is 37.3 Å². The topological polar surface area (TPSA) is 131 Å². The lowest BCUT2D eigenvalue weighted by Gasteiger charge is -2.29. The van der Waals surface area contributed by atoms with Crippen LogP contribution in [0.25, 0.3) is 11.0 Å². The molecule has 0 amide bonds. The Hall–Kier alpha value is -4.40. The van der Waals surface area contributed by atoms with Gasteiger partial charge in [-0.15, -0.1) is 0 Å². The van der Waals surface area contributed by atoms with Gasteiger partial charge in [-0.2, -0.15) is 0 Å². The van der Waals surface area contributed by atoms with Gasteiger partial charge in [-0.1, -0.05) is 12.1 Å². The van der Waals surface area contributed by atoms with E-state index in [1.165, 1.54) is 19.9 Å². The van der Waals surface area contributed by atoms with Gasteiger partial charge < -0.3 is 24.8 Å².